The Morgan fingerprint density at radius 1 is 1.08 bits per heavy atom. The summed E-state index contributed by atoms with van der Waals surface area (Å²) < 4.78 is 15.0. The first-order valence-electron chi connectivity index (χ1n) is 7.59. The zero-order valence-corrected chi connectivity index (χ0v) is 13.4. The molecule has 122 valence electrons. The molecule has 1 aromatic heterocycles. The van der Waals surface area contributed by atoms with Crippen LogP contribution in [0.1, 0.15) is 29.6 Å². The van der Waals surface area contributed by atoms with Crippen LogP contribution in [0.25, 0.3) is 0 Å². The van der Waals surface area contributed by atoms with Crippen LogP contribution in [0.4, 0.5) is 16.3 Å². The van der Waals surface area contributed by atoms with Gasteiger partial charge in [-0.25, -0.2) is 9.07 Å². The van der Waals surface area contributed by atoms with Gasteiger partial charge in [0.1, 0.15) is 5.82 Å². The number of nitrogen functional groups attached to an aromatic ring is 1. The van der Waals surface area contributed by atoms with E-state index in [1.54, 1.807) is 16.8 Å². The Morgan fingerprint density at radius 3 is 2.46 bits per heavy atom. The van der Waals surface area contributed by atoms with Gasteiger partial charge in [-0.15, -0.1) is 5.10 Å². The maximum absolute atomic E-state index is 13.2. The molecule has 2 heterocycles. The highest BCUT2D eigenvalue weighted by Gasteiger charge is 2.30. The number of nitrogens with two attached hydrogens (primary N) is 1. The average Bonchev–Trinajstić information content (AvgIpc) is 2.95. The summed E-state index contributed by atoms with van der Waals surface area (Å²) in [6.07, 6.45) is 0.739. The van der Waals surface area contributed by atoms with Crippen LogP contribution in [0.3, 0.4) is 0 Å². The van der Waals surface area contributed by atoms with Gasteiger partial charge in [0.15, 0.2) is 0 Å². The third-order valence-corrected chi connectivity index (χ3v) is 4.48. The number of hydrogen-bond donors (Lipinski definition) is 2. The number of fused-ring (bicyclic) bond motifs is 1. The lowest BCUT2D eigenvalue weighted by Crippen LogP contribution is -2.28. The smallest absolute Gasteiger partial charge is 0.241 e. The lowest BCUT2D eigenvalue weighted by molar-refractivity contribution is 0.431. The number of hydrogen-bond acceptors (Lipinski definition) is 4. The molecule has 0 aliphatic carbocycles. The molecular formula is C17H15ClFN5. The minimum Gasteiger partial charge on any atom is -0.366 e. The highest BCUT2D eigenvalue weighted by Crippen LogP contribution is 2.38. The predicted molar refractivity (Wildman–Crippen MR) is 91.4 cm³/mol. The fourth-order valence-corrected chi connectivity index (χ4v) is 3.20. The van der Waals surface area contributed by atoms with Crippen molar-refractivity contribution in [2.45, 2.75) is 18.5 Å². The number of nitrogens with zero attached hydrogens (tertiary/aromatic N) is 3. The molecule has 2 atom stereocenters. The highest BCUT2D eigenvalue weighted by molar-refractivity contribution is 6.30. The number of benzene rings is 2. The highest BCUT2D eigenvalue weighted by atomic mass is 35.5. The zero-order chi connectivity index (χ0) is 16.7. The number of halogens is 2. The van der Waals surface area contributed by atoms with E-state index in [-0.39, 0.29) is 23.8 Å². The Kier molecular flexibility index (Phi) is 3.61. The number of aromatic nitrogens is 3. The summed E-state index contributed by atoms with van der Waals surface area (Å²) in [5.41, 5.74) is 7.83. The molecule has 0 unspecified atom stereocenters. The SMILES string of the molecule is Nc1nc2n(n1)[C@@H](c1ccc(Cl)cc1)C[C@H](c1ccc(F)cc1)N2. The molecule has 0 radical (unpaired) electrons. The van der Waals surface area contributed by atoms with E-state index in [1.165, 1.54) is 12.1 Å². The molecule has 2 aromatic carbocycles. The Hall–Kier alpha value is -2.60. The van der Waals surface area contributed by atoms with E-state index < -0.39 is 0 Å². The number of rotatable bonds is 2. The van der Waals surface area contributed by atoms with Crippen LogP contribution in [0.2, 0.25) is 5.02 Å². The molecule has 0 amide bonds. The van der Waals surface area contributed by atoms with Crippen LogP contribution >= 0.6 is 11.6 Å². The van der Waals surface area contributed by atoms with E-state index in [2.05, 4.69) is 15.4 Å². The minimum absolute atomic E-state index is 0.0117. The second kappa shape index (κ2) is 5.79. The van der Waals surface area contributed by atoms with Gasteiger partial charge in [0.05, 0.1) is 12.1 Å². The first kappa shape index (κ1) is 15.0. The van der Waals surface area contributed by atoms with Gasteiger partial charge in [-0.3, -0.25) is 0 Å². The van der Waals surface area contributed by atoms with Crippen LogP contribution in [-0.2, 0) is 0 Å². The van der Waals surface area contributed by atoms with Gasteiger partial charge in [-0.2, -0.15) is 4.98 Å². The van der Waals surface area contributed by atoms with Gasteiger partial charge in [0, 0.05) is 5.02 Å². The lowest BCUT2D eigenvalue weighted by atomic mass is 9.93. The van der Waals surface area contributed by atoms with Gasteiger partial charge in [0.25, 0.3) is 0 Å². The summed E-state index contributed by atoms with van der Waals surface area (Å²) in [7, 11) is 0. The summed E-state index contributed by atoms with van der Waals surface area (Å²) in [5.74, 6) is 0.570. The molecule has 0 saturated heterocycles. The van der Waals surface area contributed by atoms with E-state index in [1.807, 2.05) is 24.3 Å². The Bertz CT molecular complexity index is 860. The molecule has 1 aliphatic heterocycles. The fourth-order valence-electron chi connectivity index (χ4n) is 3.07. The van der Waals surface area contributed by atoms with Crippen molar-refractivity contribution in [3.63, 3.8) is 0 Å². The zero-order valence-electron chi connectivity index (χ0n) is 12.7. The third kappa shape index (κ3) is 2.69. The van der Waals surface area contributed by atoms with Gasteiger partial charge >= 0.3 is 0 Å². The number of anilines is 2. The average molecular weight is 344 g/mol. The molecule has 5 nitrogen and oxygen atoms in total. The second-order valence-corrected chi connectivity index (χ2v) is 6.23. The minimum atomic E-state index is -0.253. The van der Waals surface area contributed by atoms with Crippen LogP contribution in [0.5, 0.6) is 0 Å². The molecule has 3 N–H and O–H groups in total. The molecular weight excluding hydrogens is 329 g/mol. The summed E-state index contributed by atoms with van der Waals surface area (Å²) in [6.45, 7) is 0. The van der Waals surface area contributed by atoms with Crippen molar-refractivity contribution in [3.8, 4) is 0 Å². The molecule has 0 saturated carbocycles. The standard InChI is InChI=1S/C17H15ClFN5/c18-12-5-1-11(2-6-12)15-9-14(10-3-7-13(19)8-4-10)21-17-22-16(20)23-24(15)17/h1-8,14-15H,9H2,(H3,20,21,22,23)/t14-,15-/m1/s1. The summed E-state index contributed by atoms with van der Waals surface area (Å²) in [5, 5.41) is 8.31. The maximum atomic E-state index is 13.2. The Labute approximate surface area is 143 Å². The quantitative estimate of drug-likeness (QED) is 0.742. The van der Waals surface area contributed by atoms with Crippen molar-refractivity contribution < 1.29 is 4.39 Å². The fraction of sp³-hybridized carbons (Fsp3) is 0.176. The van der Waals surface area contributed by atoms with Gasteiger partial charge < -0.3 is 11.1 Å². The Morgan fingerprint density at radius 2 is 1.75 bits per heavy atom. The molecule has 1 aliphatic rings. The monoisotopic (exact) mass is 343 g/mol. The first-order chi connectivity index (χ1) is 11.6. The topological polar surface area (TPSA) is 68.8 Å². The van der Waals surface area contributed by atoms with E-state index in [0.29, 0.717) is 11.0 Å². The van der Waals surface area contributed by atoms with Crippen LogP contribution in [0, 0.1) is 5.82 Å². The molecule has 0 spiro atoms. The summed E-state index contributed by atoms with van der Waals surface area (Å²) >= 11 is 5.99. The molecule has 0 fully saturated rings. The molecule has 7 heteroatoms. The van der Waals surface area contributed by atoms with Crippen molar-refractivity contribution in [3.05, 3.63) is 70.5 Å². The normalized spacial score (nSPS) is 19.6. The van der Waals surface area contributed by atoms with E-state index in [4.69, 9.17) is 17.3 Å². The van der Waals surface area contributed by atoms with E-state index in [0.717, 1.165) is 17.5 Å². The first-order valence-corrected chi connectivity index (χ1v) is 7.97. The third-order valence-electron chi connectivity index (χ3n) is 4.23. The van der Waals surface area contributed by atoms with Crippen molar-refractivity contribution in [2.24, 2.45) is 0 Å². The predicted octanol–water partition coefficient (Wildman–Crippen LogP) is 3.80. The van der Waals surface area contributed by atoms with Crippen molar-refractivity contribution in [1.29, 1.82) is 0 Å². The summed E-state index contributed by atoms with van der Waals surface area (Å²) in [6, 6.07) is 14.1. The molecule has 0 bridgehead atoms. The van der Waals surface area contributed by atoms with Crippen molar-refractivity contribution in [2.75, 3.05) is 11.1 Å². The van der Waals surface area contributed by atoms with Crippen molar-refractivity contribution in [1.82, 2.24) is 14.8 Å². The van der Waals surface area contributed by atoms with Crippen LogP contribution in [0.15, 0.2) is 48.5 Å². The summed E-state index contributed by atoms with van der Waals surface area (Å²) in [4.78, 5) is 4.26. The van der Waals surface area contributed by atoms with E-state index in [9.17, 15) is 4.39 Å². The molecule has 4 rings (SSSR count). The Balaban J connectivity index is 1.74. The van der Waals surface area contributed by atoms with Crippen LogP contribution in [-0.4, -0.2) is 14.8 Å². The lowest BCUT2D eigenvalue weighted by Gasteiger charge is -2.31. The van der Waals surface area contributed by atoms with Crippen LogP contribution < -0.4 is 11.1 Å². The second-order valence-electron chi connectivity index (χ2n) is 5.79. The molecule has 3 aromatic rings. The van der Waals surface area contributed by atoms with Gasteiger partial charge in [0.2, 0.25) is 11.9 Å². The van der Waals surface area contributed by atoms with Crippen molar-refractivity contribution >= 4 is 23.5 Å². The van der Waals surface area contributed by atoms with Gasteiger partial charge in [-0.1, -0.05) is 35.9 Å². The van der Waals surface area contributed by atoms with Gasteiger partial charge in [-0.05, 0) is 41.8 Å². The largest absolute Gasteiger partial charge is 0.366 e. The van der Waals surface area contributed by atoms with E-state index >= 15 is 0 Å². The number of nitrogens with one attached hydrogen (secondary N) is 1. The maximum Gasteiger partial charge on any atom is 0.241 e. The molecule has 24 heavy (non-hydrogen) atoms.